The molecule has 2 nitrogen and oxygen atoms in total. The number of ether oxygens (including phenoxy) is 1. The first kappa shape index (κ1) is 11.3. The first-order valence-electron chi connectivity index (χ1n) is 5.20. The van der Waals surface area contributed by atoms with Gasteiger partial charge in [0.05, 0.1) is 0 Å². The standard InChI is InChI=1S/C12H20O2/c1-11(2,3)14-10(13)6-5-7-12(4)8-9-12/h5-6H,7-9H2,1-4H3/b6-5+. The lowest BCUT2D eigenvalue weighted by Gasteiger charge is -2.17. The van der Waals surface area contributed by atoms with E-state index in [-0.39, 0.29) is 11.6 Å². The number of carbonyl (C=O) groups excluding carboxylic acids is 1. The second kappa shape index (κ2) is 3.76. The number of allylic oxidation sites excluding steroid dienone is 1. The Hall–Kier alpha value is -0.790. The molecule has 0 bridgehead atoms. The monoisotopic (exact) mass is 196 g/mol. The van der Waals surface area contributed by atoms with Gasteiger partial charge in [0, 0.05) is 6.08 Å². The molecule has 0 heterocycles. The van der Waals surface area contributed by atoms with E-state index in [4.69, 9.17) is 4.74 Å². The van der Waals surface area contributed by atoms with Crippen LogP contribution in [0.3, 0.4) is 0 Å². The summed E-state index contributed by atoms with van der Waals surface area (Å²) in [6, 6.07) is 0. The predicted octanol–water partition coefficient (Wildman–Crippen LogP) is 3.07. The number of esters is 1. The van der Waals surface area contributed by atoms with Crippen molar-refractivity contribution in [1.29, 1.82) is 0 Å². The highest BCUT2D eigenvalue weighted by Crippen LogP contribution is 2.48. The largest absolute Gasteiger partial charge is 0.457 e. The molecule has 1 aliphatic rings. The van der Waals surface area contributed by atoms with Crippen molar-refractivity contribution >= 4 is 5.97 Å². The summed E-state index contributed by atoms with van der Waals surface area (Å²) >= 11 is 0. The van der Waals surface area contributed by atoms with E-state index >= 15 is 0 Å². The molecule has 80 valence electrons. The Morgan fingerprint density at radius 2 is 2.00 bits per heavy atom. The van der Waals surface area contributed by atoms with E-state index in [1.54, 1.807) is 6.08 Å². The molecule has 0 atom stereocenters. The first-order chi connectivity index (χ1) is 6.31. The van der Waals surface area contributed by atoms with Gasteiger partial charge in [0.15, 0.2) is 0 Å². The lowest BCUT2D eigenvalue weighted by atomic mass is 10.1. The molecule has 1 aliphatic carbocycles. The van der Waals surface area contributed by atoms with Crippen molar-refractivity contribution in [3.8, 4) is 0 Å². The minimum atomic E-state index is -0.384. The number of carbonyl (C=O) groups is 1. The molecule has 1 rings (SSSR count). The minimum Gasteiger partial charge on any atom is -0.457 e. The fourth-order valence-corrected chi connectivity index (χ4v) is 1.19. The molecule has 0 spiro atoms. The highest BCUT2D eigenvalue weighted by molar-refractivity contribution is 5.82. The fraction of sp³-hybridized carbons (Fsp3) is 0.750. The van der Waals surface area contributed by atoms with Crippen molar-refractivity contribution in [2.24, 2.45) is 5.41 Å². The molecule has 0 aliphatic heterocycles. The Bertz CT molecular complexity index is 242. The SMILES string of the molecule is CC1(C/C=C/C(=O)OC(C)(C)C)CC1. The van der Waals surface area contributed by atoms with Gasteiger partial charge in [0.2, 0.25) is 0 Å². The van der Waals surface area contributed by atoms with Gasteiger partial charge in [0.1, 0.15) is 5.60 Å². The summed E-state index contributed by atoms with van der Waals surface area (Å²) in [7, 11) is 0. The normalized spacial score (nSPS) is 19.7. The number of hydrogen-bond donors (Lipinski definition) is 0. The number of rotatable bonds is 3. The minimum absolute atomic E-state index is 0.234. The maximum absolute atomic E-state index is 11.3. The summed E-state index contributed by atoms with van der Waals surface area (Å²) < 4.78 is 5.15. The second-order valence-electron chi connectivity index (χ2n) is 5.45. The summed E-state index contributed by atoms with van der Waals surface area (Å²) in [5, 5.41) is 0. The summed E-state index contributed by atoms with van der Waals surface area (Å²) in [6.07, 6.45) is 7.04. The zero-order valence-electron chi connectivity index (χ0n) is 9.59. The Kier molecular flexibility index (Phi) is 3.03. The van der Waals surface area contributed by atoms with Crippen LogP contribution >= 0.6 is 0 Å². The van der Waals surface area contributed by atoms with Gasteiger partial charge in [-0.1, -0.05) is 13.0 Å². The van der Waals surface area contributed by atoms with Gasteiger partial charge in [0.25, 0.3) is 0 Å². The maximum atomic E-state index is 11.3. The van der Waals surface area contributed by atoms with Gasteiger partial charge in [-0.15, -0.1) is 0 Å². The summed E-state index contributed by atoms with van der Waals surface area (Å²) in [5.41, 5.74) is 0.0867. The van der Waals surface area contributed by atoms with E-state index in [1.807, 2.05) is 26.8 Å². The Morgan fingerprint density at radius 1 is 1.43 bits per heavy atom. The first-order valence-corrected chi connectivity index (χ1v) is 5.20. The van der Waals surface area contributed by atoms with Crippen molar-refractivity contribution in [2.45, 2.75) is 52.6 Å². The number of hydrogen-bond acceptors (Lipinski definition) is 2. The molecule has 0 N–H and O–H groups in total. The highest BCUT2D eigenvalue weighted by atomic mass is 16.6. The summed E-state index contributed by atoms with van der Waals surface area (Å²) in [5.74, 6) is -0.234. The van der Waals surface area contributed by atoms with Gasteiger partial charge in [-0.25, -0.2) is 4.79 Å². The average molecular weight is 196 g/mol. The Morgan fingerprint density at radius 3 is 2.43 bits per heavy atom. The van der Waals surface area contributed by atoms with E-state index in [0.717, 1.165) is 6.42 Å². The molecule has 14 heavy (non-hydrogen) atoms. The quantitative estimate of drug-likeness (QED) is 0.512. The van der Waals surface area contributed by atoms with Crippen LogP contribution in [0.15, 0.2) is 12.2 Å². The molecular formula is C12H20O2. The molecule has 0 unspecified atom stereocenters. The van der Waals surface area contributed by atoms with Crippen LogP contribution in [0, 0.1) is 5.41 Å². The Labute approximate surface area is 86.3 Å². The molecule has 1 saturated carbocycles. The second-order valence-corrected chi connectivity index (χ2v) is 5.45. The van der Waals surface area contributed by atoms with Crippen LogP contribution in [0.1, 0.15) is 47.0 Å². The molecule has 0 aromatic heterocycles. The smallest absolute Gasteiger partial charge is 0.330 e. The molecule has 0 aromatic rings. The molecule has 0 saturated heterocycles. The summed E-state index contributed by atoms with van der Waals surface area (Å²) in [6.45, 7) is 7.87. The van der Waals surface area contributed by atoms with Crippen molar-refractivity contribution in [1.82, 2.24) is 0 Å². The molecule has 0 radical (unpaired) electrons. The van der Waals surface area contributed by atoms with E-state index in [9.17, 15) is 4.79 Å². The van der Waals surface area contributed by atoms with E-state index < -0.39 is 0 Å². The van der Waals surface area contributed by atoms with E-state index in [0.29, 0.717) is 5.41 Å². The van der Waals surface area contributed by atoms with Crippen LogP contribution in [0.2, 0.25) is 0 Å². The van der Waals surface area contributed by atoms with Gasteiger partial charge in [-0.3, -0.25) is 0 Å². The van der Waals surface area contributed by atoms with Crippen molar-refractivity contribution < 1.29 is 9.53 Å². The third-order valence-corrected chi connectivity index (χ3v) is 2.37. The average Bonchev–Trinajstić information content (AvgIpc) is 2.64. The lowest BCUT2D eigenvalue weighted by molar-refractivity contribution is -0.148. The van der Waals surface area contributed by atoms with Crippen molar-refractivity contribution in [3.05, 3.63) is 12.2 Å². The fourth-order valence-electron chi connectivity index (χ4n) is 1.19. The van der Waals surface area contributed by atoms with Crippen LogP contribution < -0.4 is 0 Å². The molecule has 2 heteroatoms. The highest BCUT2D eigenvalue weighted by Gasteiger charge is 2.35. The van der Waals surface area contributed by atoms with Gasteiger partial charge < -0.3 is 4.74 Å². The molecule has 0 amide bonds. The van der Waals surface area contributed by atoms with Gasteiger partial charge in [-0.05, 0) is 45.4 Å². The van der Waals surface area contributed by atoms with Crippen molar-refractivity contribution in [2.75, 3.05) is 0 Å². The molecule has 1 fully saturated rings. The lowest BCUT2D eigenvalue weighted by Crippen LogP contribution is -2.22. The van der Waals surface area contributed by atoms with E-state index in [2.05, 4.69) is 6.92 Å². The van der Waals surface area contributed by atoms with Crippen molar-refractivity contribution in [3.63, 3.8) is 0 Å². The zero-order chi connectivity index (χ0) is 10.8. The summed E-state index contributed by atoms with van der Waals surface area (Å²) in [4.78, 5) is 11.3. The van der Waals surface area contributed by atoms with Crippen LogP contribution in [-0.2, 0) is 9.53 Å². The zero-order valence-corrected chi connectivity index (χ0v) is 9.59. The van der Waals surface area contributed by atoms with Gasteiger partial charge in [-0.2, -0.15) is 0 Å². The van der Waals surface area contributed by atoms with Crippen LogP contribution in [0.25, 0.3) is 0 Å². The Balaban J connectivity index is 2.26. The third-order valence-electron chi connectivity index (χ3n) is 2.37. The van der Waals surface area contributed by atoms with Crippen LogP contribution in [0.4, 0.5) is 0 Å². The topological polar surface area (TPSA) is 26.3 Å². The molecule has 0 aromatic carbocycles. The molecular weight excluding hydrogens is 176 g/mol. The van der Waals surface area contributed by atoms with Gasteiger partial charge >= 0.3 is 5.97 Å². The maximum Gasteiger partial charge on any atom is 0.330 e. The third kappa shape index (κ3) is 4.45. The van der Waals surface area contributed by atoms with Crippen LogP contribution in [0.5, 0.6) is 0 Å². The van der Waals surface area contributed by atoms with Crippen LogP contribution in [-0.4, -0.2) is 11.6 Å². The predicted molar refractivity (Wildman–Crippen MR) is 56.9 cm³/mol. The van der Waals surface area contributed by atoms with E-state index in [1.165, 1.54) is 12.8 Å².